The zero-order valence-electron chi connectivity index (χ0n) is 8.92. The van der Waals surface area contributed by atoms with Gasteiger partial charge in [-0.25, -0.2) is 9.59 Å². The highest BCUT2D eigenvalue weighted by atomic mass is 16.5. The lowest BCUT2D eigenvalue weighted by atomic mass is 10.0. The smallest absolute Gasteiger partial charge is 0.338 e. The molecule has 6 nitrogen and oxygen atoms in total. The van der Waals surface area contributed by atoms with E-state index in [1.807, 2.05) is 0 Å². The number of pyridine rings is 1. The second-order valence-corrected chi connectivity index (χ2v) is 3.83. The first-order valence-electron chi connectivity index (χ1n) is 5.14. The van der Waals surface area contributed by atoms with Crippen molar-refractivity contribution in [2.24, 2.45) is 0 Å². The second kappa shape index (κ2) is 4.50. The molecule has 1 saturated heterocycles. The zero-order chi connectivity index (χ0) is 12.4. The summed E-state index contributed by atoms with van der Waals surface area (Å²) in [6.45, 7) is 1.12. The van der Waals surface area contributed by atoms with Crippen LogP contribution in [0.25, 0.3) is 0 Å². The van der Waals surface area contributed by atoms with E-state index in [0.29, 0.717) is 18.9 Å². The van der Waals surface area contributed by atoms with Crippen LogP contribution in [0.2, 0.25) is 0 Å². The number of ether oxygens (including phenoxy) is 1. The van der Waals surface area contributed by atoms with E-state index in [-0.39, 0.29) is 17.0 Å². The molecule has 1 aromatic heterocycles. The Morgan fingerprint density at radius 2 is 2.00 bits per heavy atom. The molecule has 1 unspecified atom stereocenters. The number of hydrogen-bond acceptors (Lipinski definition) is 4. The van der Waals surface area contributed by atoms with Gasteiger partial charge in [-0.05, 0) is 12.5 Å². The lowest BCUT2D eigenvalue weighted by Crippen LogP contribution is -2.11. The molecule has 0 aliphatic carbocycles. The molecular formula is C11H11NO5. The van der Waals surface area contributed by atoms with Crippen LogP contribution in [-0.4, -0.2) is 40.3 Å². The molecule has 0 spiro atoms. The number of hydrogen-bond donors (Lipinski definition) is 2. The molecule has 17 heavy (non-hydrogen) atoms. The van der Waals surface area contributed by atoms with Crippen LogP contribution < -0.4 is 0 Å². The lowest BCUT2D eigenvalue weighted by molar-refractivity contribution is 0.0650. The van der Waals surface area contributed by atoms with Gasteiger partial charge < -0.3 is 14.9 Å². The Morgan fingerprint density at radius 1 is 1.29 bits per heavy atom. The van der Waals surface area contributed by atoms with Gasteiger partial charge in [0.2, 0.25) is 0 Å². The minimum absolute atomic E-state index is 0.0518. The topological polar surface area (TPSA) is 96.7 Å². The molecule has 6 heteroatoms. The fraction of sp³-hybridized carbons (Fsp3) is 0.364. The first-order chi connectivity index (χ1) is 8.09. The van der Waals surface area contributed by atoms with Crippen molar-refractivity contribution in [2.45, 2.75) is 12.3 Å². The highest BCUT2D eigenvalue weighted by Gasteiger charge is 2.23. The molecule has 1 aliphatic heterocycles. The van der Waals surface area contributed by atoms with E-state index in [0.717, 1.165) is 12.6 Å². The molecule has 0 bridgehead atoms. The van der Waals surface area contributed by atoms with E-state index in [2.05, 4.69) is 4.98 Å². The highest BCUT2D eigenvalue weighted by molar-refractivity contribution is 6.01. The molecule has 1 aromatic rings. The average molecular weight is 237 g/mol. The average Bonchev–Trinajstić information content (AvgIpc) is 2.81. The standard InChI is InChI=1S/C11H11NO5/c13-10(14)7-3-9(6-1-2-17-5-6)12-4-8(7)11(15)16/h3-4,6H,1-2,5H2,(H,13,14)(H,15,16). The molecule has 0 amide bonds. The van der Waals surface area contributed by atoms with E-state index in [4.69, 9.17) is 14.9 Å². The maximum atomic E-state index is 11.0. The molecule has 1 atom stereocenters. The van der Waals surface area contributed by atoms with Crippen LogP contribution in [0.3, 0.4) is 0 Å². The van der Waals surface area contributed by atoms with E-state index in [1.54, 1.807) is 0 Å². The Kier molecular flexibility index (Phi) is 3.06. The second-order valence-electron chi connectivity index (χ2n) is 3.83. The number of aromatic carboxylic acids is 2. The van der Waals surface area contributed by atoms with Crippen molar-refractivity contribution in [3.05, 3.63) is 29.1 Å². The Labute approximate surface area is 96.9 Å². The number of nitrogens with zero attached hydrogens (tertiary/aromatic N) is 1. The fourth-order valence-corrected chi connectivity index (χ4v) is 1.81. The summed E-state index contributed by atoms with van der Waals surface area (Å²) >= 11 is 0. The van der Waals surface area contributed by atoms with Crippen molar-refractivity contribution >= 4 is 11.9 Å². The summed E-state index contributed by atoms with van der Waals surface area (Å²) in [5, 5.41) is 17.8. The number of carbonyl (C=O) groups is 2. The van der Waals surface area contributed by atoms with Crippen LogP contribution in [-0.2, 0) is 4.74 Å². The van der Waals surface area contributed by atoms with Crippen LogP contribution in [0.4, 0.5) is 0 Å². The van der Waals surface area contributed by atoms with Gasteiger partial charge in [0.25, 0.3) is 0 Å². The molecule has 2 N–H and O–H groups in total. The third-order valence-corrected chi connectivity index (χ3v) is 2.73. The Hall–Kier alpha value is -1.95. The SMILES string of the molecule is O=C(O)c1cnc(C2CCOC2)cc1C(=O)O. The van der Waals surface area contributed by atoms with Crippen molar-refractivity contribution in [1.82, 2.24) is 4.98 Å². The lowest BCUT2D eigenvalue weighted by Gasteiger charge is -2.09. The van der Waals surface area contributed by atoms with E-state index in [1.165, 1.54) is 6.07 Å². The van der Waals surface area contributed by atoms with E-state index < -0.39 is 11.9 Å². The molecule has 90 valence electrons. The van der Waals surface area contributed by atoms with Gasteiger partial charge in [0.05, 0.1) is 17.7 Å². The van der Waals surface area contributed by atoms with E-state index >= 15 is 0 Å². The van der Waals surface area contributed by atoms with Crippen molar-refractivity contribution in [2.75, 3.05) is 13.2 Å². The Morgan fingerprint density at radius 3 is 2.53 bits per heavy atom. The van der Waals surface area contributed by atoms with Crippen LogP contribution in [0.1, 0.15) is 38.7 Å². The quantitative estimate of drug-likeness (QED) is 0.813. The van der Waals surface area contributed by atoms with Crippen molar-refractivity contribution in [3.8, 4) is 0 Å². The van der Waals surface area contributed by atoms with Crippen LogP contribution in [0.5, 0.6) is 0 Å². The molecule has 0 saturated carbocycles. The van der Waals surface area contributed by atoms with E-state index in [9.17, 15) is 9.59 Å². The first kappa shape index (κ1) is 11.5. The van der Waals surface area contributed by atoms with Gasteiger partial charge in [-0.3, -0.25) is 4.98 Å². The molecule has 0 radical (unpaired) electrons. The number of rotatable bonds is 3. The first-order valence-corrected chi connectivity index (χ1v) is 5.14. The summed E-state index contributed by atoms with van der Waals surface area (Å²) in [4.78, 5) is 25.8. The molecule has 1 aliphatic rings. The van der Waals surface area contributed by atoms with Crippen molar-refractivity contribution in [3.63, 3.8) is 0 Å². The Balaban J connectivity index is 2.41. The fourth-order valence-electron chi connectivity index (χ4n) is 1.81. The largest absolute Gasteiger partial charge is 0.478 e. The summed E-state index contributed by atoms with van der Waals surface area (Å²) in [6, 6.07) is 1.32. The van der Waals surface area contributed by atoms with Gasteiger partial charge >= 0.3 is 11.9 Å². The molecule has 0 aromatic carbocycles. The predicted molar refractivity (Wildman–Crippen MR) is 56.3 cm³/mol. The van der Waals surface area contributed by atoms with Gasteiger partial charge in [-0.15, -0.1) is 0 Å². The normalized spacial score (nSPS) is 19.2. The number of aromatic nitrogens is 1. The van der Waals surface area contributed by atoms with Gasteiger partial charge in [0.1, 0.15) is 0 Å². The highest BCUT2D eigenvalue weighted by Crippen LogP contribution is 2.25. The van der Waals surface area contributed by atoms with Crippen LogP contribution >= 0.6 is 0 Å². The predicted octanol–water partition coefficient (Wildman–Crippen LogP) is 0.982. The summed E-state index contributed by atoms with van der Waals surface area (Å²) in [7, 11) is 0. The third kappa shape index (κ3) is 2.26. The molecule has 1 fully saturated rings. The third-order valence-electron chi connectivity index (χ3n) is 2.73. The number of carboxylic acid groups (broad SMARTS) is 2. The van der Waals surface area contributed by atoms with Gasteiger partial charge in [-0.2, -0.15) is 0 Å². The van der Waals surface area contributed by atoms with Gasteiger partial charge in [0, 0.05) is 24.4 Å². The Bertz CT molecular complexity index is 465. The summed E-state index contributed by atoms with van der Waals surface area (Å²) < 4.78 is 5.19. The van der Waals surface area contributed by atoms with Crippen LogP contribution in [0.15, 0.2) is 12.3 Å². The van der Waals surface area contributed by atoms with Crippen LogP contribution in [0, 0.1) is 0 Å². The molecule has 2 rings (SSSR count). The van der Waals surface area contributed by atoms with Gasteiger partial charge in [-0.1, -0.05) is 0 Å². The van der Waals surface area contributed by atoms with Crippen molar-refractivity contribution < 1.29 is 24.5 Å². The monoisotopic (exact) mass is 237 g/mol. The summed E-state index contributed by atoms with van der Waals surface area (Å²) in [6.07, 6.45) is 1.87. The minimum Gasteiger partial charge on any atom is -0.478 e. The van der Waals surface area contributed by atoms with Gasteiger partial charge in [0.15, 0.2) is 0 Å². The van der Waals surface area contributed by atoms with Crippen molar-refractivity contribution in [1.29, 1.82) is 0 Å². The molecule has 2 heterocycles. The zero-order valence-corrected chi connectivity index (χ0v) is 8.92. The number of carboxylic acids is 2. The summed E-state index contributed by atoms with van der Waals surface area (Å²) in [5.41, 5.74) is 0.0551. The minimum atomic E-state index is -1.29. The maximum absolute atomic E-state index is 11.0. The summed E-state index contributed by atoms with van der Waals surface area (Å²) in [5.74, 6) is -2.50. The molecular weight excluding hydrogens is 226 g/mol. The maximum Gasteiger partial charge on any atom is 0.338 e.